The average molecular weight is 336 g/mol. The molecule has 0 aliphatic rings. The van der Waals surface area contributed by atoms with Gasteiger partial charge in [0, 0.05) is 12.4 Å². The number of aliphatic carboxylic acids is 1. The molecule has 5 nitrogen and oxygen atoms in total. The number of carbonyl (C=O) groups is 2. The van der Waals surface area contributed by atoms with E-state index in [2.05, 4.69) is 0 Å². The third-order valence-corrected chi connectivity index (χ3v) is 3.29. The highest BCUT2D eigenvalue weighted by molar-refractivity contribution is 6.17. The van der Waals surface area contributed by atoms with Crippen LogP contribution in [0.3, 0.4) is 0 Å². The number of carboxylic acids is 1. The van der Waals surface area contributed by atoms with Gasteiger partial charge in [-0.2, -0.15) is 0 Å². The number of rotatable bonds is 7. The molecule has 130 valence electrons. The predicted molar refractivity (Wildman–Crippen MR) is 88.4 cm³/mol. The monoisotopic (exact) mass is 335 g/mol. The fourth-order valence-corrected chi connectivity index (χ4v) is 2.36. The van der Waals surface area contributed by atoms with Gasteiger partial charge in [-0.05, 0) is 39.0 Å². The topological polar surface area (TPSA) is 66.8 Å². The fraction of sp³-hybridized carbons (Fsp3) is 0.875. The Morgan fingerprint density at radius 3 is 2.00 bits per heavy atom. The van der Waals surface area contributed by atoms with Crippen LogP contribution >= 0.6 is 11.6 Å². The Hall–Kier alpha value is -0.970. The maximum atomic E-state index is 12.4. The SMILES string of the molecule is CC(C)(C)OC(=O)N(CCCCCCl)[C@H](C(=O)O)C(C)(C)C. The number of hydrogen-bond donors (Lipinski definition) is 1. The van der Waals surface area contributed by atoms with Gasteiger partial charge >= 0.3 is 12.1 Å². The normalized spacial score (nSPS) is 13.6. The van der Waals surface area contributed by atoms with Crippen LogP contribution in [0.25, 0.3) is 0 Å². The van der Waals surface area contributed by atoms with Crippen molar-refractivity contribution in [1.82, 2.24) is 4.90 Å². The average Bonchev–Trinajstić information content (AvgIpc) is 2.28. The Bertz CT molecular complexity index is 371. The van der Waals surface area contributed by atoms with Crippen LogP contribution in [0.5, 0.6) is 0 Å². The Morgan fingerprint density at radius 1 is 1.09 bits per heavy atom. The number of halogens is 1. The van der Waals surface area contributed by atoms with E-state index in [0.717, 1.165) is 12.8 Å². The van der Waals surface area contributed by atoms with Crippen molar-refractivity contribution in [1.29, 1.82) is 0 Å². The summed E-state index contributed by atoms with van der Waals surface area (Å²) in [5.74, 6) is -0.454. The van der Waals surface area contributed by atoms with Gasteiger partial charge in [0.25, 0.3) is 0 Å². The predicted octanol–water partition coefficient (Wildman–Crippen LogP) is 4.13. The third kappa shape index (κ3) is 7.87. The molecule has 0 aliphatic heterocycles. The number of carbonyl (C=O) groups excluding carboxylic acids is 1. The molecule has 0 saturated carbocycles. The van der Waals surface area contributed by atoms with E-state index < -0.39 is 29.1 Å². The van der Waals surface area contributed by atoms with Crippen LogP contribution in [0.2, 0.25) is 0 Å². The van der Waals surface area contributed by atoms with E-state index >= 15 is 0 Å². The lowest BCUT2D eigenvalue weighted by atomic mass is 9.85. The Balaban J connectivity index is 5.20. The van der Waals surface area contributed by atoms with Gasteiger partial charge in [-0.15, -0.1) is 11.6 Å². The second-order valence-corrected chi connectivity index (χ2v) is 7.91. The molecule has 1 amide bonds. The summed E-state index contributed by atoms with van der Waals surface area (Å²) in [4.78, 5) is 25.4. The molecule has 6 heteroatoms. The van der Waals surface area contributed by atoms with E-state index in [1.807, 2.05) is 20.8 Å². The zero-order valence-electron chi connectivity index (χ0n) is 14.6. The largest absolute Gasteiger partial charge is 0.480 e. The van der Waals surface area contributed by atoms with Gasteiger partial charge in [0.1, 0.15) is 11.6 Å². The van der Waals surface area contributed by atoms with E-state index in [9.17, 15) is 14.7 Å². The first-order valence-corrected chi connectivity index (χ1v) is 8.22. The molecule has 0 aliphatic carbocycles. The molecule has 0 aromatic carbocycles. The number of amides is 1. The van der Waals surface area contributed by atoms with Crippen LogP contribution in [-0.2, 0) is 9.53 Å². The van der Waals surface area contributed by atoms with E-state index in [4.69, 9.17) is 16.3 Å². The molecule has 1 atom stereocenters. The first kappa shape index (κ1) is 21.0. The highest BCUT2D eigenvalue weighted by atomic mass is 35.5. The quantitative estimate of drug-likeness (QED) is 0.561. The van der Waals surface area contributed by atoms with Crippen LogP contribution in [0.4, 0.5) is 4.79 Å². The smallest absolute Gasteiger partial charge is 0.411 e. The third-order valence-electron chi connectivity index (χ3n) is 3.03. The summed E-state index contributed by atoms with van der Waals surface area (Å²) >= 11 is 5.65. The Morgan fingerprint density at radius 2 is 1.64 bits per heavy atom. The summed E-state index contributed by atoms with van der Waals surface area (Å²) in [6.07, 6.45) is 1.81. The number of alkyl halides is 1. The number of hydrogen-bond acceptors (Lipinski definition) is 3. The maximum absolute atomic E-state index is 12.4. The lowest BCUT2D eigenvalue weighted by Crippen LogP contribution is -2.53. The van der Waals surface area contributed by atoms with Crippen LogP contribution in [0, 0.1) is 5.41 Å². The summed E-state index contributed by atoms with van der Waals surface area (Å²) in [6, 6.07) is -0.932. The van der Waals surface area contributed by atoms with Gasteiger partial charge in [-0.1, -0.05) is 27.2 Å². The molecule has 0 heterocycles. The summed E-state index contributed by atoms with van der Waals surface area (Å²) in [7, 11) is 0. The second-order valence-electron chi connectivity index (χ2n) is 7.53. The van der Waals surface area contributed by atoms with Crippen molar-refractivity contribution in [3.8, 4) is 0 Å². The molecule has 1 N–H and O–H groups in total. The first-order chi connectivity index (χ1) is 9.90. The zero-order valence-corrected chi connectivity index (χ0v) is 15.4. The fourth-order valence-electron chi connectivity index (χ4n) is 2.17. The van der Waals surface area contributed by atoms with Crippen molar-refractivity contribution in [2.45, 2.75) is 72.4 Å². The van der Waals surface area contributed by atoms with Gasteiger partial charge in [0.15, 0.2) is 0 Å². The lowest BCUT2D eigenvalue weighted by Gasteiger charge is -2.38. The van der Waals surface area contributed by atoms with Crippen LogP contribution in [0.1, 0.15) is 60.8 Å². The summed E-state index contributed by atoms with van der Waals surface area (Å²) < 4.78 is 5.38. The molecule has 22 heavy (non-hydrogen) atoms. The highest BCUT2D eigenvalue weighted by Gasteiger charge is 2.40. The van der Waals surface area contributed by atoms with Crippen molar-refractivity contribution in [3.05, 3.63) is 0 Å². The molecule has 0 radical (unpaired) electrons. The van der Waals surface area contributed by atoms with Gasteiger partial charge in [-0.3, -0.25) is 4.90 Å². The van der Waals surface area contributed by atoms with Gasteiger partial charge in [-0.25, -0.2) is 9.59 Å². The van der Waals surface area contributed by atoms with Crippen LogP contribution in [-0.4, -0.2) is 46.1 Å². The van der Waals surface area contributed by atoms with Gasteiger partial charge in [0.05, 0.1) is 0 Å². The minimum atomic E-state index is -1.02. The zero-order chi connectivity index (χ0) is 17.6. The van der Waals surface area contributed by atoms with Crippen molar-refractivity contribution in [2.75, 3.05) is 12.4 Å². The van der Waals surface area contributed by atoms with Crippen molar-refractivity contribution in [3.63, 3.8) is 0 Å². The second kappa shape index (κ2) is 8.61. The lowest BCUT2D eigenvalue weighted by molar-refractivity contribution is -0.147. The number of ether oxygens (including phenoxy) is 1. The van der Waals surface area contributed by atoms with Crippen molar-refractivity contribution >= 4 is 23.7 Å². The molecule has 0 unspecified atom stereocenters. The highest BCUT2D eigenvalue weighted by Crippen LogP contribution is 2.27. The van der Waals surface area contributed by atoms with Gasteiger partial charge in [0.2, 0.25) is 0 Å². The van der Waals surface area contributed by atoms with Gasteiger partial charge < -0.3 is 9.84 Å². The molecular formula is C16H30ClNO4. The Kier molecular flexibility index (Phi) is 8.23. The minimum Gasteiger partial charge on any atom is -0.480 e. The van der Waals surface area contributed by atoms with Crippen LogP contribution in [0.15, 0.2) is 0 Å². The minimum absolute atomic E-state index is 0.347. The van der Waals surface area contributed by atoms with Crippen LogP contribution < -0.4 is 0 Å². The van der Waals surface area contributed by atoms with E-state index in [1.165, 1.54) is 4.90 Å². The van der Waals surface area contributed by atoms with E-state index in [1.54, 1.807) is 20.8 Å². The summed E-state index contributed by atoms with van der Waals surface area (Å²) in [5.41, 5.74) is -1.25. The van der Waals surface area contributed by atoms with Crippen molar-refractivity contribution < 1.29 is 19.4 Å². The molecule has 0 saturated heterocycles. The Labute approximate surface area is 139 Å². The molecular weight excluding hydrogens is 306 g/mol. The molecule has 0 aromatic rings. The number of nitrogens with zero attached hydrogens (tertiary/aromatic N) is 1. The maximum Gasteiger partial charge on any atom is 0.411 e. The molecule has 0 rings (SSSR count). The molecule has 0 bridgehead atoms. The molecule has 0 fully saturated rings. The number of carboxylic acid groups (broad SMARTS) is 1. The summed E-state index contributed by atoms with van der Waals surface area (Å²) in [6.45, 7) is 11.1. The number of unbranched alkanes of at least 4 members (excludes halogenated alkanes) is 2. The molecule has 0 aromatic heterocycles. The standard InChI is InChI=1S/C16H30ClNO4/c1-15(2,3)12(13(19)20)18(11-9-7-8-10-17)14(21)22-16(4,5)6/h12H,7-11H2,1-6H3,(H,19,20)/t12-/m1/s1. The molecule has 0 spiro atoms. The van der Waals surface area contributed by atoms with E-state index in [0.29, 0.717) is 18.8 Å². The van der Waals surface area contributed by atoms with Crippen molar-refractivity contribution in [2.24, 2.45) is 5.41 Å². The summed E-state index contributed by atoms with van der Waals surface area (Å²) in [5, 5.41) is 9.56. The van der Waals surface area contributed by atoms with E-state index in [-0.39, 0.29) is 0 Å². The first-order valence-electron chi connectivity index (χ1n) is 7.68.